The van der Waals surface area contributed by atoms with Gasteiger partial charge in [0.05, 0.1) is 54.2 Å². The molecule has 0 spiro atoms. The number of hydrogen-bond acceptors (Lipinski definition) is 8. The fourth-order valence-electron chi connectivity index (χ4n) is 7.35. The van der Waals surface area contributed by atoms with Crippen LogP contribution in [0.2, 0.25) is 0 Å². The van der Waals surface area contributed by atoms with Crippen LogP contribution in [0.5, 0.6) is 34.5 Å². The highest BCUT2D eigenvalue weighted by molar-refractivity contribution is 5.53. The SMILES string of the molecule is COc1cc(C)cc(OC)c1OC.COc1ccc(C)cc1.COc1cccc(C)c1.COc1ccccc1C.Cc1cc(C)cc(C)c1.Cc1ccc(C)cc1.Cc1ccc([N+](=O)[O-])cc1.Cc1cccc(C)c1.[C-]#[N+]c1ccc(C)cc1. The number of non-ortho nitro benzene ring substituents is 1. The van der Waals surface area contributed by atoms with E-state index in [9.17, 15) is 10.1 Å². The van der Waals surface area contributed by atoms with Gasteiger partial charge in [0.1, 0.15) is 17.2 Å². The minimum atomic E-state index is -0.403. The van der Waals surface area contributed by atoms with Crippen LogP contribution < -0.4 is 28.4 Å². The summed E-state index contributed by atoms with van der Waals surface area (Å²) in [4.78, 5) is 13.0. The second kappa shape index (κ2) is 41.6. The maximum atomic E-state index is 10.1. The third-order valence-electron chi connectivity index (χ3n) is 11.8. The molecule has 0 aromatic heterocycles. The molecule has 0 amide bonds. The van der Waals surface area contributed by atoms with Crippen LogP contribution >= 0.6 is 0 Å². The van der Waals surface area contributed by atoms with Crippen molar-refractivity contribution >= 4 is 11.4 Å². The van der Waals surface area contributed by atoms with Crippen molar-refractivity contribution in [3.63, 3.8) is 0 Å². The summed E-state index contributed by atoms with van der Waals surface area (Å²) in [6, 6.07) is 65.1. The van der Waals surface area contributed by atoms with Crippen LogP contribution in [-0.4, -0.2) is 47.6 Å². The predicted octanol–water partition coefficient (Wildman–Crippen LogP) is 19.7. The summed E-state index contributed by atoms with van der Waals surface area (Å²) in [5, 5.41) is 10.1. The Balaban J connectivity index is 0.000000474. The molecule has 9 aromatic rings. The van der Waals surface area contributed by atoms with Gasteiger partial charge in [-0.3, -0.25) is 10.1 Å². The molecule has 9 rings (SSSR count). The number of aryl methyl sites for hydroxylation is 13. The quantitative estimate of drug-likeness (QED) is 0.0883. The number of nitro groups is 1. The Morgan fingerprint density at radius 2 is 0.667 bits per heavy atom. The average Bonchev–Trinajstić information content (AvgIpc) is 3.56. The van der Waals surface area contributed by atoms with Crippen LogP contribution in [-0.2, 0) is 0 Å². The molecule has 0 aliphatic rings. The van der Waals surface area contributed by atoms with Crippen molar-refractivity contribution in [2.24, 2.45) is 0 Å². The van der Waals surface area contributed by atoms with E-state index in [1.165, 1.54) is 73.3 Å². The second-order valence-corrected chi connectivity index (χ2v) is 19.7. The van der Waals surface area contributed by atoms with E-state index in [0.29, 0.717) is 22.9 Å². The van der Waals surface area contributed by atoms with Gasteiger partial charge in [-0.1, -0.05) is 201 Å². The first-order valence-corrected chi connectivity index (χ1v) is 27.4. The number of benzene rings is 9. The fraction of sp³-hybridized carbons (Fsp3) is 0.257. The Bertz CT molecular complexity index is 3180. The predicted molar refractivity (Wildman–Crippen MR) is 352 cm³/mol. The van der Waals surface area contributed by atoms with Crippen molar-refractivity contribution in [2.45, 2.75) is 90.0 Å². The lowest BCUT2D eigenvalue weighted by atomic mass is 10.1. The van der Waals surface area contributed by atoms with Gasteiger partial charge < -0.3 is 28.4 Å². The molecule has 0 heterocycles. The summed E-state index contributed by atoms with van der Waals surface area (Å²) < 4.78 is 30.5. The Hall–Kier alpha value is -9.33. The van der Waals surface area contributed by atoms with Crippen LogP contribution in [0.3, 0.4) is 0 Å². The van der Waals surface area contributed by atoms with Crippen molar-refractivity contribution < 1.29 is 33.3 Å². The molecule has 0 bridgehead atoms. The molecule has 0 saturated carbocycles. The molecular weight excluding hydrogens is 1040 g/mol. The van der Waals surface area contributed by atoms with Crippen molar-refractivity contribution in [3.05, 3.63) is 294 Å². The van der Waals surface area contributed by atoms with Crippen molar-refractivity contribution in [1.29, 1.82) is 0 Å². The van der Waals surface area contributed by atoms with Gasteiger partial charge in [-0.25, -0.2) is 4.85 Å². The second-order valence-electron chi connectivity index (χ2n) is 19.7. The lowest BCUT2D eigenvalue weighted by molar-refractivity contribution is -0.384. The van der Waals surface area contributed by atoms with Crippen LogP contribution in [0.25, 0.3) is 4.85 Å². The van der Waals surface area contributed by atoms with Crippen LogP contribution in [0.1, 0.15) is 72.3 Å². The van der Waals surface area contributed by atoms with Crippen molar-refractivity contribution in [2.75, 3.05) is 42.7 Å². The Morgan fingerprint density at radius 1 is 0.321 bits per heavy atom. The lowest BCUT2D eigenvalue weighted by Gasteiger charge is -2.12. The Labute approximate surface area is 503 Å². The number of methoxy groups -OCH3 is 6. The zero-order valence-corrected chi connectivity index (χ0v) is 53.2. The molecule has 0 unspecified atom stereocenters. The first-order valence-electron chi connectivity index (χ1n) is 27.4. The van der Waals surface area contributed by atoms with Crippen LogP contribution in [0.4, 0.5) is 11.4 Å². The molecule has 444 valence electrons. The number of nitrogens with zero attached hydrogens (tertiary/aromatic N) is 2. The highest BCUT2D eigenvalue weighted by Gasteiger charge is 2.11. The fourth-order valence-corrected chi connectivity index (χ4v) is 7.35. The summed E-state index contributed by atoms with van der Waals surface area (Å²) in [7, 11) is 9.84. The summed E-state index contributed by atoms with van der Waals surface area (Å²) in [5.41, 5.74) is 17.2. The number of hydrogen-bond donors (Lipinski definition) is 0. The molecular formula is C74H90N2O8. The summed E-state index contributed by atoms with van der Waals surface area (Å²) in [6.45, 7) is 33.4. The summed E-state index contributed by atoms with van der Waals surface area (Å²) in [5.74, 6) is 4.82. The largest absolute Gasteiger partial charge is 0.497 e. The lowest BCUT2D eigenvalue weighted by Crippen LogP contribution is -1.95. The Morgan fingerprint density at radius 3 is 0.976 bits per heavy atom. The third kappa shape index (κ3) is 32.2. The molecule has 84 heavy (non-hydrogen) atoms. The molecule has 0 atom stereocenters. The zero-order chi connectivity index (χ0) is 63.0. The van der Waals surface area contributed by atoms with Crippen molar-refractivity contribution in [3.8, 4) is 34.5 Å². The van der Waals surface area contributed by atoms with E-state index in [4.69, 9.17) is 35.0 Å². The minimum absolute atomic E-state index is 0.144. The van der Waals surface area contributed by atoms with Gasteiger partial charge in [-0.05, 0) is 149 Å². The maximum absolute atomic E-state index is 10.1. The van der Waals surface area contributed by atoms with Gasteiger partial charge in [0, 0.05) is 12.1 Å². The van der Waals surface area contributed by atoms with Gasteiger partial charge in [0.25, 0.3) is 5.69 Å². The Kier molecular flexibility index (Phi) is 36.0. The smallest absolute Gasteiger partial charge is 0.269 e. The molecule has 9 aromatic carbocycles. The van der Waals surface area contributed by atoms with E-state index in [2.05, 4.69) is 127 Å². The standard InChI is InChI=1S/C10H14O3.C9H12.C8H7N.3C8H10O.2C8H10.C7H7NO2/c1-7-5-8(11-2)10(13-4)9(6-7)12-3;1-7-4-8(2)6-9(3)5-7;2*1-7-3-5-8(9-2)6-4-7;1-7-4-3-5-8(6-7)9-2;1-7-5-3-4-6-8(7)9-2;1-7-3-5-8(2)6-4-7;1-7-4-3-5-8(2)6-7;1-6-2-4-7(5-3-6)8(9)10/h5-6H,1-4H3;4-6H,1-3H3;3-6H,1H3;3*3-6H,1-2H3;2*3-6H,1-2H3;2-5H,1H3. The summed E-state index contributed by atoms with van der Waals surface area (Å²) >= 11 is 0. The number of rotatable bonds is 7. The minimum Gasteiger partial charge on any atom is -0.497 e. The highest BCUT2D eigenvalue weighted by atomic mass is 16.6. The van der Waals surface area contributed by atoms with Crippen LogP contribution in [0.15, 0.2) is 200 Å². The topological polar surface area (TPSA) is 103 Å². The molecule has 10 nitrogen and oxygen atoms in total. The normalized spacial score (nSPS) is 9.21. The first-order chi connectivity index (χ1) is 40.0. The van der Waals surface area contributed by atoms with E-state index in [1.807, 2.05) is 144 Å². The maximum Gasteiger partial charge on any atom is 0.269 e. The van der Waals surface area contributed by atoms with Gasteiger partial charge in [-0.15, -0.1) is 0 Å². The molecule has 0 saturated heterocycles. The molecule has 0 N–H and O–H groups in total. The van der Waals surface area contributed by atoms with Gasteiger partial charge in [0.2, 0.25) is 5.75 Å². The van der Waals surface area contributed by atoms with Crippen molar-refractivity contribution in [1.82, 2.24) is 0 Å². The van der Waals surface area contributed by atoms with E-state index in [0.717, 1.165) is 28.4 Å². The number of para-hydroxylation sites is 1. The van der Waals surface area contributed by atoms with E-state index in [-0.39, 0.29) is 5.69 Å². The molecule has 10 heteroatoms. The van der Waals surface area contributed by atoms with Crippen LogP contribution in [0, 0.1) is 107 Å². The highest BCUT2D eigenvalue weighted by Crippen LogP contribution is 2.37. The third-order valence-corrected chi connectivity index (χ3v) is 11.8. The molecule has 0 aliphatic carbocycles. The number of ether oxygens (including phenoxy) is 6. The monoisotopic (exact) mass is 1130 g/mol. The van der Waals surface area contributed by atoms with Gasteiger partial charge in [-0.2, -0.15) is 0 Å². The zero-order valence-electron chi connectivity index (χ0n) is 53.2. The van der Waals surface area contributed by atoms with E-state index >= 15 is 0 Å². The summed E-state index contributed by atoms with van der Waals surface area (Å²) in [6.07, 6.45) is 0. The average molecular weight is 1140 g/mol. The molecule has 0 fully saturated rings. The number of nitro benzene ring substituents is 1. The molecule has 0 aliphatic heterocycles. The van der Waals surface area contributed by atoms with E-state index < -0.39 is 4.92 Å². The molecule has 0 radical (unpaired) electrons. The van der Waals surface area contributed by atoms with Gasteiger partial charge >= 0.3 is 0 Å². The van der Waals surface area contributed by atoms with E-state index in [1.54, 1.807) is 54.8 Å². The first kappa shape index (κ1) is 72.7. The van der Waals surface area contributed by atoms with Gasteiger partial charge in [0.15, 0.2) is 17.2 Å².